The van der Waals surface area contributed by atoms with Crippen LogP contribution in [0.5, 0.6) is 0 Å². The summed E-state index contributed by atoms with van der Waals surface area (Å²) < 4.78 is 16.9. The molecule has 0 aromatic rings. The molecule has 2 rings (SSSR count). The SMILES string of the molecule is COC1(C(CCCC2CCCO2)NN)CCOCC1. The van der Waals surface area contributed by atoms with Crippen LogP contribution in [-0.4, -0.2) is 44.7 Å². The van der Waals surface area contributed by atoms with Crippen molar-refractivity contribution in [2.75, 3.05) is 26.9 Å². The Labute approximate surface area is 116 Å². The van der Waals surface area contributed by atoms with E-state index in [4.69, 9.17) is 20.1 Å². The maximum Gasteiger partial charge on any atom is 0.0888 e. The van der Waals surface area contributed by atoms with Gasteiger partial charge in [0.2, 0.25) is 0 Å². The van der Waals surface area contributed by atoms with E-state index in [9.17, 15) is 0 Å². The van der Waals surface area contributed by atoms with E-state index in [1.807, 2.05) is 0 Å². The average molecular weight is 272 g/mol. The van der Waals surface area contributed by atoms with E-state index in [-0.39, 0.29) is 11.6 Å². The minimum atomic E-state index is -0.163. The Balaban J connectivity index is 1.79. The van der Waals surface area contributed by atoms with Gasteiger partial charge < -0.3 is 14.2 Å². The molecule has 2 fully saturated rings. The van der Waals surface area contributed by atoms with E-state index < -0.39 is 0 Å². The monoisotopic (exact) mass is 272 g/mol. The van der Waals surface area contributed by atoms with Crippen molar-refractivity contribution >= 4 is 0 Å². The van der Waals surface area contributed by atoms with Gasteiger partial charge in [0.15, 0.2) is 0 Å². The number of nitrogens with two attached hydrogens (primary N) is 1. The highest BCUT2D eigenvalue weighted by atomic mass is 16.5. The number of nitrogens with one attached hydrogen (secondary N) is 1. The first-order valence-electron chi connectivity index (χ1n) is 7.51. The highest BCUT2D eigenvalue weighted by Gasteiger charge is 2.39. The van der Waals surface area contributed by atoms with Crippen LogP contribution in [0.1, 0.15) is 44.9 Å². The predicted molar refractivity (Wildman–Crippen MR) is 73.7 cm³/mol. The summed E-state index contributed by atoms with van der Waals surface area (Å²) in [5.74, 6) is 5.76. The molecular formula is C14H28N2O3. The first kappa shape index (κ1) is 15.2. The normalized spacial score (nSPS) is 28.4. The minimum absolute atomic E-state index is 0.163. The smallest absolute Gasteiger partial charge is 0.0888 e. The Kier molecular flexibility index (Phi) is 6.04. The summed E-state index contributed by atoms with van der Waals surface area (Å²) in [5.41, 5.74) is 2.80. The molecule has 2 aliphatic rings. The van der Waals surface area contributed by atoms with Gasteiger partial charge >= 0.3 is 0 Å². The van der Waals surface area contributed by atoms with Crippen LogP contribution < -0.4 is 11.3 Å². The molecular weight excluding hydrogens is 244 g/mol. The van der Waals surface area contributed by atoms with E-state index in [1.54, 1.807) is 7.11 Å². The molecule has 3 N–H and O–H groups in total. The molecule has 112 valence electrons. The molecule has 0 saturated carbocycles. The van der Waals surface area contributed by atoms with Gasteiger partial charge in [0.05, 0.1) is 17.7 Å². The van der Waals surface area contributed by atoms with Gasteiger partial charge in [-0.25, -0.2) is 0 Å². The fraction of sp³-hybridized carbons (Fsp3) is 1.00. The summed E-state index contributed by atoms with van der Waals surface area (Å²) in [6.07, 6.45) is 8.01. The molecule has 0 amide bonds. The molecule has 2 aliphatic heterocycles. The standard InChI is InChI=1S/C14H28N2O3/c1-17-14(7-10-18-11-8-14)13(16-15)6-2-4-12-5-3-9-19-12/h12-13,16H,2-11,15H2,1H3. The molecule has 0 bridgehead atoms. The third-order valence-corrected chi connectivity index (χ3v) is 4.62. The van der Waals surface area contributed by atoms with Crippen molar-refractivity contribution in [1.29, 1.82) is 0 Å². The summed E-state index contributed by atoms with van der Waals surface area (Å²) in [6.45, 7) is 2.46. The van der Waals surface area contributed by atoms with Crippen LogP contribution in [0.2, 0.25) is 0 Å². The van der Waals surface area contributed by atoms with Crippen molar-refractivity contribution in [2.45, 2.75) is 62.7 Å². The quantitative estimate of drug-likeness (QED) is 0.541. The first-order valence-corrected chi connectivity index (χ1v) is 7.51. The lowest BCUT2D eigenvalue weighted by atomic mass is 9.83. The van der Waals surface area contributed by atoms with Crippen LogP contribution in [-0.2, 0) is 14.2 Å². The average Bonchev–Trinajstić information content (AvgIpc) is 2.97. The summed E-state index contributed by atoms with van der Waals surface area (Å²) in [7, 11) is 1.79. The molecule has 19 heavy (non-hydrogen) atoms. The van der Waals surface area contributed by atoms with Crippen LogP contribution in [0, 0.1) is 0 Å². The lowest BCUT2D eigenvalue weighted by molar-refractivity contribution is -0.112. The molecule has 0 spiro atoms. The van der Waals surface area contributed by atoms with Crippen LogP contribution in [0.4, 0.5) is 0 Å². The maximum atomic E-state index is 5.80. The van der Waals surface area contributed by atoms with Crippen molar-refractivity contribution in [1.82, 2.24) is 5.43 Å². The Morgan fingerprint density at radius 3 is 2.74 bits per heavy atom. The van der Waals surface area contributed by atoms with Gasteiger partial charge in [-0.3, -0.25) is 11.3 Å². The molecule has 0 radical (unpaired) electrons. The van der Waals surface area contributed by atoms with Gasteiger partial charge in [0.1, 0.15) is 0 Å². The van der Waals surface area contributed by atoms with Crippen molar-refractivity contribution in [2.24, 2.45) is 5.84 Å². The predicted octanol–water partition coefficient (Wildman–Crippen LogP) is 1.36. The second-order valence-corrected chi connectivity index (χ2v) is 5.67. The number of ether oxygens (including phenoxy) is 3. The van der Waals surface area contributed by atoms with Crippen LogP contribution in [0.25, 0.3) is 0 Å². The highest BCUT2D eigenvalue weighted by Crippen LogP contribution is 2.31. The zero-order valence-corrected chi connectivity index (χ0v) is 12.0. The number of hydrogen-bond donors (Lipinski definition) is 2. The topological polar surface area (TPSA) is 65.7 Å². The minimum Gasteiger partial charge on any atom is -0.381 e. The molecule has 0 aromatic carbocycles. The number of hydrazine groups is 1. The summed E-state index contributed by atoms with van der Waals surface area (Å²) >= 11 is 0. The second kappa shape index (κ2) is 7.55. The third-order valence-electron chi connectivity index (χ3n) is 4.62. The number of hydrogen-bond acceptors (Lipinski definition) is 5. The summed E-state index contributed by atoms with van der Waals surface area (Å²) in [5, 5.41) is 0. The lowest BCUT2D eigenvalue weighted by Crippen LogP contribution is -2.57. The summed E-state index contributed by atoms with van der Waals surface area (Å²) in [4.78, 5) is 0. The van der Waals surface area contributed by atoms with Crippen molar-refractivity contribution in [3.8, 4) is 0 Å². The fourth-order valence-electron chi connectivity index (χ4n) is 3.33. The maximum absolute atomic E-state index is 5.80. The second-order valence-electron chi connectivity index (χ2n) is 5.67. The van der Waals surface area contributed by atoms with Crippen LogP contribution >= 0.6 is 0 Å². The fourth-order valence-corrected chi connectivity index (χ4v) is 3.33. The van der Waals surface area contributed by atoms with E-state index in [0.29, 0.717) is 6.10 Å². The van der Waals surface area contributed by atoms with Gasteiger partial charge in [-0.2, -0.15) is 0 Å². The van der Waals surface area contributed by atoms with Crippen molar-refractivity contribution in [3.05, 3.63) is 0 Å². The van der Waals surface area contributed by atoms with Crippen molar-refractivity contribution in [3.63, 3.8) is 0 Å². The largest absolute Gasteiger partial charge is 0.381 e. The Hall–Kier alpha value is -0.200. The van der Waals surface area contributed by atoms with Crippen molar-refractivity contribution < 1.29 is 14.2 Å². The van der Waals surface area contributed by atoms with Crippen LogP contribution in [0.15, 0.2) is 0 Å². The molecule has 2 saturated heterocycles. The van der Waals surface area contributed by atoms with Gasteiger partial charge in [-0.05, 0) is 32.1 Å². The molecule has 0 aromatic heterocycles. The molecule has 2 heterocycles. The molecule has 5 heteroatoms. The third kappa shape index (κ3) is 3.89. The zero-order chi connectivity index (χ0) is 13.6. The number of methoxy groups -OCH3 is 1. The van der Waals surface area contributed by atoms with E-state index in [1.165, 1.54) is 12.8 Å². The van der Waals surface area contributed by atoms with E-state index in [2.05, 4.69) is 5.43 Å². The van der Waals surface area contributed by atoms with E-state index in [0.717, 1.165) is 51.9 Å². The molecule has 5 nitrogen and oxygen atoms in total. The Bertz CT molecular complexity index is 251. The lowest BCUT2D eigenvalue weighted by Gasteiger charge is -2.42. The molecule has 2 atom stereocenters. The van der Waals surface area contributed by atoms with E-state index >= 15 is 0 Å². The van der Waals surface area contributed by atoms with Gasteiger partial charge in [-0.15, -0.1) is 0 Å². The van der Waals surface area contributed by atoms with Gasteiger partial charge in [-0.1, -0.05) is 0 Å². The zero-order valence-electron chi connectivity index (χ0n) is 12.0. The Morgan fingerprint density at radius 2 is 2.16 bits per heavy atom. The first-order chi connectivity index (χ1) is 9.30. The molecule has 2 unspecified atom stereocenters. The molecule has 0 aliphatic carbocycles. The van der Waals surface area contributed by atoms with Crippen LogP contribution in [0.3, 0.4) is 0 Å². The van der Waals surface area contributed by atoms with Gasteiger partial charge in [0, 0.05) is 39.8 Å². The Morgan fingerprint density at radius 1 is 1.37 bits per heavy atom. The van der Waals surface area contributed by atoms with Gasteiger partial charge in [0.25, 0.3) is 0 Å². The summed E-state index contributed by atoms with van der Waals surface area (Å²) in [6, 6.07) is 0.197. The number of rotatable bonds is 7. The highest BCUT2D eigenvalue weighted by molar-refractivity contribution is 4.94.